The zero-order valence-corrected chi connectivity index (χ0v) is 10.8. The summed E-state index contributed by atoms with van der Waals surface area (Å²) in [6, 6.07) is 3.48. The van der Waals surface area contributed by atoms with Crippen molar-refractivity contribution in [2.45, 2.75) is 6.42 Å². The molecule has 2 heterocycles. The fraction of sp³-hybridized carbons (Fsp3) is 0.438. The Morgan fingerprint density at radius 3 is 2.05 bits per heavy atom. The maximum absolute atomic E-state index is 12.8. The highest BCUT2D eigenvalue weighted by Gasteiger charge is 2.67. The van der Waals surface area contributed by atoms with Gasteiger partial charge in [-0.3, -0.25) is 14.6 Å². The van der Waals surface area contributed by atoms with Crippen LogP contribution in [0.4, 0.5) is 5.69 Å². The van der Waals surface area contributed by atoms with Crippen molar-refractivity contribution < 1.29 is 9.59 Å². The molecule has 4 heteroatoms. The van der Waals surface area contributed by atoms with Crippen LogP contribution in [-0.2, 0) is 9.59 Å². The van der Waals surface area contributed by atoms with Crippen LogP contribution in [0.3, 0.4) is 0 Å². The van der Waals surface area contributed by atoms with Gasteiger partial charge in [0.25, 0.3) is 0 Å². The Labute approximate surface area is 116 Å². The number of hydrogen-bond acceptors (Lipinski definition) is 3. The summed E-state index contributed by atoms with van der Waals surface area (Å²) in [6.45, 7) is 0. The molecule has 4 nitrogen and oxygen atoms in total. The fourth-order valence-corrected chi connectivity index (χ4v) is 4.70. The number of nitrogens with zero attached hydrogens (tertiary/aromatic N) is 2. The van der Waals surface area contributed by atoms with E-state index in [0.29, 0.717) is 29.4 Å². The van der Waals surface area contributed by atoms with Crippen LogP contribution in [0.15, 0.2) is 36.7 Å². The van der Waals surface area contributed by atoms with E-state index < -0.39 is 0 Å². The summed E-state index contributed by atoms with van der Waals surface area (Å²) < 4.78 is 0. The lowest BCUT2D eigenvalue weighted by Crippen LogP contribution is -2.40. The van der Waals surface area contributed by atoms with Gasteiger partial charge in [-0.05, 0) is 42.2 Å². The van der Waals surface area contributed by atoms with Crippen LogP contribution in [0, 0.1) is 35.5 Å². The van der Waals surface area contributed by atoms with Gasteiger partial charge in [0.2, 0.25) is 11.8 Å². The normalized spacial score (nSPS) is 43.7. The molecule has 0 spiro atoms. The van der Waals surface area contributed by atoms with Crippen molar-refractivity contribution >= 4 is 17.5 Å². The molecular formula is C16H14N2O2. The minimum atomic E-state index is -0.116. The number of pyridine rings is 1. The standard InChI is InChI=1S/C16H14N2O2/c19-15-13-9-1-2-10(12-7-11(9)12)14(13)16(20)18(15)8-3-5-17-6-4-8/h1-6,9-14H,7H2/t9-,10-,11?,12?,13?,14?/m0/s1. The Bertz CT molecular complexity index is 618. The molecule has 2 amide bonds. The van der Waals surface area contributed by atoms with Crippen molar-refractivity contribution in [2.24, 2.45) is 35.5 Å². The Hall–Kier alpha value is -1.97. The van der Waals surface area contributed by atoms with E-state index in [1.54, 1.807) is 24.5 Å². The summed E-state index contributed by atoms with van der Waals surface area (Å²) in [5.74, 6) is 1.65. The molecule has 1 aliphatic heterocycles. The van der Waals surface area contributed by atoms with Crippen molar-refractivity contribution in [1.82, 2.24) is 4.98 Å². The average Bonchev–Trinajstić information content (AvgIpc) is 3.25. The molecule has 1 aromatic rings. The van der Waals surface area contributed by atoms with Crippen LogP contribution in [-0.4, -0.2) is 16.8 Å². The van der Waals surface area contributed by atoms with E-state index in [9.17, 15) is 9.59 Å². The van der Waals surface area contributed by atoms with Gasteiger partial charge in [0.15, 0.2) is 0 Å². The van der Waals surface area contributed by atoms with E-state index in [1.807, 2.05) is 0 Å². The molecule has 5 aliphatic rings. The molecule has 2 saturated carbocycles. The lowest BCUT2D eigenvalue weighted by Gasteiger charge is -2.37. The summed E-state index contributed by atoms with van der Waals surface area (Å²) in [5.41, 5.74) is 0.664. The van der Waals surface area contributed by atoms with Gasteiger partial charge in [-0.1, -0.05) is 12.2 Å². The Kier molecular flexibility index (Phi) is 1.82. The van der Waals surface area contributed by atoms with Gasteiger partial charge in [0.05, 0.1) is 17.5 Å². The first kappa shape index (κ1) is 10.8. The zero-order chi connectivity index (χ0) is 13.4. The summed E-state index contributed by atoms with van der Waals surface area (Å²) in [5, 5.41) is 0. The summed E-state index contributed by atoms with van der Waals surface area (Å²) in [7, 11) is 0. The molecule has 6 rings (SSSR count). The zero-order valence-electron chi connectivity index (χ0n) is 10.8. The molecule has 1 aromatic heterocycles. The van der Waals surface area contributed by atoms with Crippen LogP contribution in [0.2, 0.25) is 0 Å². The highest BCUT2D eigenvalue weighted by molar-refractivity contribution is 6.22. The second kappa shape index (κ2) is 3.37. The number of imide groups is 1. The maximum Gasteiger partial charge on any atom is 0.238 e. The minimum absolute atomic E-state index is 0.00380. The second-order valence-electron chi connectivity index (χ2n) is 6.37. The number of rotatable bonds is 1. The van der Waals surface area contributed by atoms with Gasteiger partial charge >= 0.3 is 0 Å². The van der Waals surface area contributed by atoms with Gasteiger partial charge in [0.1, 0.15) is 0 Å². The van der Waals surface area contributed by atoms with Crippen LogP contribution in [0.5, 0.6) is 0 Å². The molecule has 100 valence electrons. The summed E-state index contributed by atoms with van der Waals surface area (Å²) in [4.78, 5) is 30.9. The number of anilines is 1. The summed E-state index contributed by atoms with van der Waals surface area (Å²) >= 11 is 0. The third kappa shape index (κ3) is 1.11. The first-order valence-corrected chi connectivity index (χ1v) is 7.23. The topological polar surface area (TPSA) is 50.3 Å². The molecule has 4 unspecified atom stereocenters. The number of amides is 2. The van der Waals surface area contributed by atoms with E-state index in [4.69, 9.17) is 0 Å². The third-order valence-corrected chi connectivity index (χ3v) is 5.58. The van der Waals surface area contributed by atoms with E-state index in [1.165, 1.54) is 11.3 Å². The molecule has 6 atom stereocenters. The van der Waals surface area contributed by atoms with Crippen molar-refractivity contribution in [3.8, 4) is 0 Å². The molecule has 20 heavy (non-hydrogen) atoms. The van der Waals surface area contributed by atoms with Gasteiger partial charge in [-0.15, -0.1) is 0 Å². The monoisotopic (exact) mass is 266 g/mol. The van der Waals surface area contributed by atoms with Crippen molar-refractivity contribution in [3.63, 3.8) is 0 Å². The molecule has 4 aliphatic carbocycles. The molecule has 0 radical (unpaired) electrons. The molecular weight excluding hydrogens is 252 g/mol. The lowest BCUT2D eigenvalue weighted by atomic mass is 9.63. The highest BCUT2D eigenvalue weighted by atomic mass is 16.2. The predicted molar refractivity (Wildman–Crippen MR) is 71.4 cm³/mol. The quantitative estimate of drug-likeness (QED) is 0.573. The van der Waals surface area contributed by atoms with Crippen molar-refractivity contribution in [3.05, 3.63) is 36.7 Å². The minimum Gasteiger partial charge on any atom is -0.274 e. The smallest absolute Gasteiger partial charge is 0.238 e. The average molecular weight is 266 g/mol. The van der Waals surface area contributed by atoms with Crippen LogP contribution < -0.4 is 4.90 Å². The first-order valence-electron chi connectivity index (χ1n) is 7.23. The van der Waals surface area contributed by atoms with Crippen LogP contribution >= 0.6 is 0 Å². The maximum atomic E-state index is 12.8. The molecule has 0 N–H and O–H groups in total. The number of allylic oxidation sites excluding steroid dienone is 2. The van der Waals surface area contributed by atoms with Gasteiger partial charge in [-0.2, -0.15) is 0 Å². The molecule has 2 bridgehead atoms. The van der Waals surface area contributed by atoms with Crippen molar-refractivity contribution in [1.29, 1.82) is 0 Å². The van der Waals surface area contributed by atoms with Gasteiger partial charge in [0, 0.05) is 12.4 Å². The second-order valence-corrected chi connectivity index (χ2v) is 6.37. The SMILES string of the molecule is O=C1C2C(C(=O)N1c1ccncc1)[C@H]1C=C[C@H]2C2CC21. The Morgan fingerprint density at radius 1 is 0.950 bits per heavy atom. The van der Waals surface area contributed by atoms with E-state index in [2.05, 4.69) is 17.1 Å². The molecule has 3 fully saturated rings. The lowest BCUT2D eigenvalue weighted by molar-refractivity contribution is -0.124. The molecule has 1 saturated heterocycles. The number of carbonyl (C=O) groups is 2. The third-order valence-electron chi connectivity index (χ3n) is 5.58. The number of carbonyl (C=O) groups excluding carboxylic acids is 2. The Morgan fingerprint density at radius 2 is 1.50 bits per heavy atom. The largest absolute Gasteiger partial charge is 0.274 e. The number of aromatic nitrogens is 1. The van der Waals surface area contributed by atoms with Crippen LogP contribution in [0.25, 0.3) is 0 Å². The summed E-state index contributed by atoms with van der Waals surface area (Å²) in [6.07, 6.45) is 8.85. The first-order chi connectivity index (χ1) is 9.77. The van der Waals surface area contributed by atoms with E-state index in [0.717, 1.165) is 0 Å². The molecule has 0 aromatic carbocycles. The van der Waals surface area contributed by atoms with Gasteiger partial charge < -0.3 is 0 Å². The van der Waals surface area contributed by atoms with E-state index >= 15 is 0 Å². The van der Waals surface area contributed by atoms with E-state index in [-0.39, 0.29) is 23.7 Å². The van der Waals surface area contributed by atoms with Crippen molar-refractivity contribution in [2.75, 3.05) is 4.90 Å². The fourth-order valence-electron chi connectivity index (χ4n) is 4.70. The van der Waals surface area contributed by atoms with Crippen LogP contribution in [0.1, 0.15) is 6.42 Å². The number of hydrogen-bond donors (Lipinski definition) is 0. The van der Waals surface area contributed by atoms with Gasteiger partial charge in [-0.25, -0.2) is 4.90 Å². The Balaban J connectivity index is 1.61. The predicted octanol–water partition coefficient (Wildman–Crippen LogP) is 1.64. The highest BCUT2D eigenvalue weighted by Crippen LogP contribution is 2.65.